The van der Waals surface area contributed by atoms with E-state index in [1.54, 1.807) is 0 Å². The largest absolute Gasteiger partial charge is 0.313 e. The zero-order chi connectivity index (χ0) is 13.7. The molecule has 4 atom stereocenters. The van der Waals surface area contributed by atoms with E-state index in [0.717, 1.165) is 30.6 Å². The molecule has 1 aliphatic heterocycles. The lowest BCUT2D eigenvalue weighted by atomic mass is 9.79. The van der Waals surface area contributed by atoms with Crippen molar-refractivity contribution >= 4 is 0 Å². The normalized spacial score (nSPS) is 38.1. The zero-order valence-corrected chi connectivity index (χ0v) is 13.3. The molecule has 112 valence electrons. The molecule has 0 radical (unpaired) electrons. The molecule has 1 saturated heterocycles. The van der Waals surface area contributed by atoms with Crippen LogP contribution in [-0.4, -0.2) is 36.1 Å². The van der Waals surface area contributed by atoms with Gasteiger partial charge in [-0.25, -0.2) is 0 Å². The highest BCUT2D eigenvalue weighted by molar-refractivity contribution is 4.93. The minimum absolute atomic E-state index is 0.744. The van der Waals surface area contributed by atoms with Gasteiger partial charge in [-0.3, -0.25) is 4.90 Å². The molecule has 0 spiro atoms. The predicted octanol–water partition coefficient (Wildman–Crippen LogP) is 3.81. The summed E-state index contributed by atoms with van der Waals surface area (Å²) in [7, 11) is 0. The number of nitrogens with zero attached hydrogens (tertiary/aromatic N) is 1. The summed E-state index contributed by atoms with van der Waals surface area (Å²) < 4.78 is 0. The Morgan fingerprint density at radius 3 is 2.63 bits per heavy atom. The van der Waals surface area contributed by atoms with Crippen LogP contribution in [0.25, 0.3) is 0 Å². The summed E-state index contributed by atoms with van der Waals surface area (Å²) in [6.45, 7) is 9.56. The molecular weight excluding hydrogens is 232 g/mol. The van der Waals surface area contributed by atoms with E-state index in [2.05, 4.69) is 31.0 Å². The first-order valence-electron chi connectivity index (χ1n) is 8.75. The van der Waals surface area contributed by atoms with Crippen LogP contribution in [0.4, 0.5) is 0 Å². The molecule has 2 rings (SSSR count). The second-order valence-electron chi connectivity index (χ2n) is 6.76. The third-order valence-corrected chi connectivity index (χ3v) is 5.50. The number of hydrogen-bond acceptors (Lipinski definition) is 2. The molecule has 0 aromatic carbocycles. The molecule has 2 heteroatoms. The minimum Gasteiger partial charge on any atom is -0.313 e. The van der Waals surface area contributed by atoms with Gasteiger partial charge in [0.2, 0.25) is 0 Å². The highest BCUT2D eigenvalue weighted by Gasteiger charge is 2.35. The van der Waals surface area contributed by atoms with Gasteiger partial charge in [-0.2, -0.15) is 0 Å². The van der Waals surface area contributed by atoms with Gasteiger partial charge in [-0.1, -0.05) is 33.1 Å². The van der Waals surface area contributed by atoms with Crippen LogP contribution in [0.15, 0.2) is 0 Å². The monoisotopic (exact) mass is 266 g/mol. The Balaban J connectivity index is 2.05. The van der Waals surface area contributed by atoms with Crippen LogP contribution in [0.1, 0.15) is 72.1 Å². The van der Waals surface area contributed by atoms with Gasteiger partial charge < -0.3 is 5.32 Å². The van der Waals surface area contributed by atoms with Crippen LogP contribution < -0.4 is 5.32 Å². The maximum absolute atomic E-state index is 3.78. The van der Waals surface area contributed by atoms with E-state index in [0.29, 0.717) is 0 Å². The summed E-state index contributed by atoms with van der Waals surface area (Å²) in [4.78, 5) is 2.86. The van der Waals surface area contributed by atoms with Gasteiger partial charge in [0.25, 0.3) is 0 Å². The van der Waals surface area contributed by atoms with Gasteiger partial charge in [0.05, 0.1) is 0 Å². The molecule has 0 amide bonds. The van der Waals surface area contributed by atoms with Gasteiger partial charge >= 0.3 is 0 Å². The first-order valence-corrected chi connectivity index (χ1v) is 8.75. The SMILES string of the molecule is CCNC1CCC(CC)CC1N1CCCCCC1C. The van der Waals surface area contributed by atoms with Gasteiger partial charge in [-0.15, -0.1) is 0 Å². The van der Waals surface area contributed by atoms with Crippen molar-refractivity contribution in [2.24, 2.45) is 5.92 Å². The minimum atomic E-state index is 0.744. The van der Waals surface area contributed by atoms with E-state index in [1.165, 1.54) is 57.9 Å². The van der Waals surface area contributed by atoms with Crippen molar-refractivity contribution in [2.75, 3.05) is 13.1 Å². The molecule has 1 N–H and O–H groups in total. The van der Waals surface area contributed by atoms with E-state index in [9.17, 15) is 0 Å². The van der Waals surface area contributed by atoms with Crippen LogP contribution in [0.2, 0.25) is 0 Å². The van der Waals surface area contributed by atoms with Crippen molar-refractivity contribution in [3.05, 3.63) is 0 Å². The molecule has 0 bridgehead atoms. The second-order valence-corrected chi connectivity index (χ2v) is 6.76. The fourth-order valence-electron chi connectivity index (χ4n) is 4.26. The van der Waals surface area contributed by atoms with Crippen molar-refractivity contribution in [3.8, 4) is 0 Å². The summed E-state index contributed by atoms with van der Waals surface area (Å²) in [5.74, 6) is 0.968. The van der Waals surface area contributed by atoms with Crippen molar-refractivity contribution in [1.82, 2.24) is 10.2 Å². The maximum Gasteiger partial charge on any atom is 0.0254 e. The van der Waals surface area contributed by atoms with Crippen molar-refractivity contribution in [2.45, 2.75) is 90.3 Å². The van der Waals surface area contributed by atoms with Crippen LogP contribution >= 0.6 is 0 Å². The Bertz CT molecular complexity index is 254. The highest BCUT2D eigenvalue weighted by atomic mass is 15.2. The zero-order valence-electron chi connectivity index (χ0n) is 13.3. The lowest BCUT2D eigenvalue weighted by Gasteiger charge is -2.45. The molecule has 0 aromatic rings. The molecular formula is C17H34N2. The van der Waals surface area contributed by atoms with Crippen LogP contribution in [0.3, 0.4) is 0 Å². The smallest absolute Gasteiger partial charge is 0.0254 e. The number of likely N-dealkylation sites (N-methyl/N-ethyl adjacent to an activating group) is 1. The molecule has 2 fully saturated rings. The van der Waals surface area contributed by atoms with E-state index >= 15 is 0 Å². The van der Waals surface area contributed by atoms with E-state index in [1.807, 2.05) is 0 Å². The van der Waals surface area contributed by atoms with E-state index in [4.69, 9.17) is 0 Å². The lowest BCUT2D eigenvalue weighted by Crippen LogP contribution is -2.55. The Morgan fingerprint density at radius 1 is 1.05 bits per heavy atom. The molecule has 4 unspecified atom stereocenters. The van der Waals surface area contributed by atoms with Gasteiger partial charge in [0.1, 0.15) is 0 Å². The number of hydrogen-bond donors (Lipinski definition) is 1. The third kappa shape index (κ3) is 3.95. The van der Waals surface area contributed by atoms with E-state index in [-0.39, 0.29) is 0 Å². The quantitative estimate of drug-likeness (QED) is 0.832. The average molecular weight is 266 g/mol. The number of rotatable bonds is 4. The third-order valence-electron chi connectivity index (χ3n) is 5.50. The molecule has 2 aliphatic rings. The van der Waals surface area contributed by atoms with Crippen molar-refractivity contribution < 1.29 is 0 Å². The number of likely N-dealkylation sites (tertiary alicyclic amines) is 1. The molecule has 19 heavy (non-hydrogen) atoms. The second kappa shape index (κ2) is 7.64. The van der Waals surface area contributed by atoms with Crippen molar-refractivity contribution in [1.29, 1.82) is 0 Å². The Labute approximate surface area is 120 Å². The van der Waals surface area contributed by atoms with E-state index < -0.39 is 0 Å². The summed E-state index contributed by atoms with van der Waals surface area (Å²) in [5, 5.41) is 3.78. The number of nitrogens with one attached hydrogen (secondary N) is 1. The van der Waals surface area contributed by atoms with Gasteiger partial charge in [0, 0.05) is 18.1 Å². The standard InChI is InChI=1S/C17H34N2/c1-4-15-10-11-16(18-5-2)17(13-15)19-12-8-6-7-9-14(19)3/h14-18H,4-13H2,1-3H3. The molecule has 0 aromatic heterocycles. The predicted molar refractivity (Wildman–Crippen MR) is 83.5 cm³/mol. The fraction of sp³-hybridized carbons (Fsp3) is 1.00. The lowest BCUT2D eigenvalue weighted by molar-refractivity contribution is 0.0673. The van der Waals surface area contributed by atoms with Crippen LogP contribution in [0, 0.1) is 5.92 Å². The van der Waals surface area contributed by atoms with Gasteiger partial charge in [-0.05, 0) is 58.0 Å². The Kier molecular flexibility index (Phi) is 6.15. The topological polar surface area (TPSA) is 15.3 Å². The average Bonchev–Trinajstić information content (AvgIpc) is 2.64. The Hall–Kier alpha value is -0.0800. The summed E-state index contributed by atoms with van der Waals surface area (Å²) in [5.41, 5.74) is 0. The summed E-state index contributed by atoms with van der Waals surface area (Å²) in [6, 6.07) is 2.34. The fourth-order valence-corrected chi connectivity index (χ4v) is 4.26. The first-order chi connectivity index (χ1) is 9.26. The summed E-state index contributed by atoms with van der Waals surface area (Å²) in [6.07, 6.45) is 11.3. The van der Waals surface area contributed by atoms with Gasteiger partial charge in [0.15, 0.2) is 0 Å². The molecule has 1 heterocycles. The van der Waals surface area contributed by atoms with Crippen LogP contribution in [0.5, 0.6) is 0 Å². The highest BCUT2D eigenvalue weighted by Crippen LogP contribution is 2.33. The van der Waals surface area contributed by atoms with Crippen LogP contribution in [-0.2, 0) is 0 Å². The Morgan fingerprint density at radius 2 is 1.89 bits per heavy atom. The molecule has 2 nitrogen and oxygen atoms in total. The summed E-state index contributed by atoms with van der Waals surface area (Å²) >= 11 is 0. The molecule has 1 saturated carbocycles. The molecule has 1 aliphatic carbocycles. The maximum atomic E-state index is 3.78. The first kappa shape index (κ1) is 15.3. The van der Waals surface area contributed by atoms with Crippen molar-refractivity contribution in [3.63, 3.8) is 0 Å².